The molecule has 0 saturated heterocycles. The fraction of sp³-hybridized carbons (Fsp3) is 0.333. The highest BCUT2D eigenvalue weighted by Gasteiger charge is 2.08. The molecule has 1 unspecified atom stereocenters. The van der Waals surface area contributed by atoms with Crippen molar-refractivity contribution in [3.8, 4) is 0 Å². The van der Waals surface area contributed by atoms with Gasteiger partial charge in [-0.1, -0.05) is 6.07 Å². The molecule has 0 aliphatic carbocycles. The maximum Gasteiger partial charge on any atom is 0.186 e. The van der Waals surface area contributed by atoms with Crippen LogP contribution >= 0.6 is 12.6 Å². The largest absolute Gasteiger partial charge is 0.302 e. The topological polar surface area (TPSA) is 37.3 Å². The van der Waals surface area contributed by atoms with Gasteiger partial charge in [0.2, 0.25) is 0 Å². The van der Waals surface area contributed by atoms with Crippen molar-refractivity contribution in [1.82, 2.24) is 0 Å². The van der Waals surface area contributed by atoms with Gasteiger partial charge in [0, 0.05) is 5.75 Å². The number of hydrogen-bond acceptors (Lipinski definition) is 2. The average molecular weight is 216 g/mol. The zero-order valence-corrected chi connectivity index (χ0v) is 9.28. The Hall–Kier alpha value is -0.320. The summed E-state index contributed by atoms with van der Waals surface area (Å²) in [6.07, 6.45) is 0. The van der Waals surface area contributed by atoms with Crippen LogP contribution in [-0.2, 0) is 16.8 Å². The summed E-state index contributed by atoms with van der Waals surface area (Å²) in [6, 6.07) is 3.66. The summed E-state index contributed by atoms with van der Waals surface area (Å²) in [5.74, 6) is 0.489. The fourth-order valence-corrected chi connectivity index (χ4v) is 2.14. The normalized spacial score (nSPS) is 12.9. The fourth-order valence-electron chi connectivity index (χ4n) is 1.14. The SMILES string of the molecule is Cc1cc(CS)c(S(=O)O)cc1C. The van der Waals surface area contributed by atoms with E-state index >= 15 is 0 Å². The van der Waals surface area contributed by atoms with Gasteiger partial charge < -0.3 is 4.55 Å². The van der Waals surface area contributed by atoms with Gasteiger partial charge in [0.05, 0.1) is 4.90 Å². The first-order valence-corrected chi connectivity index (χ1v) is 5.62. The second-order valence-electron chi connectivity index (χ2n) is 2.95. The number of aryl methyl sites for hydroxylation is 2. The van der Waals surface area contributed by atoms with Crippen molar-refractivity contribution in [3.05, 3.63) is 28.8 Å². The lowest BCUT2D eigenvalue weighted by Crippen LogP contribution is -1.97. The van der Waals surface area contributed by atoms with Crippen molar-refractivity contribution in [2.75, 3.05) is 0 Å². The van der Waals surface area contributed by atoms with Gasteiger partial charge in [-0.2, -0.15) is 12.6 Å². The summed E-state index contributed by atoms with van der Waals surface area (Å²) in [5.41, 5.74) is 2.98. The highest BCUT2D eigenvalue weighted by molar-refractivity contribution is 7.80. The molecule has 13 heavy (non-hydrogen) atoms. The van der Waals surface area contributed by atoms with Crippen molar-refractivity contribution in [1.29, 1.82) is 0 Å². The third-order valence-electron chi connectivity index (χ3n) is 2.04. The van der Waals surface area contributed by atoms with Crippen molar-refractivity contribution >= 4 is 23.7 Å². The van der Waals surface area contributed by atoms with E-state index in [0.29, 0.717) is 10.6 Å². The second kappa shape index (κ2) is 4.26. The number of thiol groups is 1. The van der Waals surface area contributed by atoms with Crippen LogP contribution in [0.1, 0.15) is 16.7 Å². The molecule has 1 N–H and O–H groups in total. The quantitative estimate of drug-likeness (QED) is 0.588. The third-order valence-corrected chi connectivity index (χ3v) is 3.13. The Balaban J connectivity index is 3.33. The predicted molar refractivity (Wildman–Crippen MR) is 57.6 cm³/mol. The van der Waals surface area contributed by atoms with Crippen LogP contribution in [0.25, 0.3) is 0 Å². The van der Waals surface area contributed by atoms with Crippen LogP contribution in [0.3, 0.4) is 0 Å². The summed E-state index contributed by atoms with van der Waals surface area (Å²) in [5, 5.41) is 0. The van der Waals surface area contributed by atoms with E-state index < -0.39 is 11.1 Å². The van der Waals surface area contributed by atoms with Crippen LogP contribution in [0.15, 0.2) is 17.0 Å². The molecular weight excluding hydrogens is 204 g/mol. The standard InChI is InChI=1S/C9H12O2S2/c1-6-3-8(5-12)9(13(10)11)4-7(6)2/h3-4,12H,5H2,1-2H3,(H,10,11). The van der Waals surface area contributed by atoms with Gasteiger partial charge in [-0.3, -0.25) is 0 Å². The molecule has 0 spiro atoms. The Labute approximate surface area is 86.1 Å². The van der Waals surface area contributed by atoms with Gasteiger partial charge >= 0.3 is 0 Å². The van der Waals surface area contributed by atoms with E-state index in [-0.39, 0.29) is 0 Å². The molecular formula is C9H12O2S2. The van der Waals surface area contributed by atoms with Gasteiger partial charge in [0.15, 0.2) is 11.1 Å². The molecule has 0 amide bonds. The van der Waals surface area contributed by atoms with E-state index in [1.807, 2.05) is 19.9 Å². The number of benzene rings is 1. The van der Waals surface area contributed by atoms with E-state index in [4.69, 9.17) is 4.55 Å². The molecule has 0 heterocycles. The lowest BCUT2D eigenvalue weighted by atomic mass is 10.1. The molecule has 0 saturated carbocycles. The molecule has 72 valence electrons. The summed E-state index contributed by atoms with van der Waals surface area (Å²) in [6.45, 7) is 3.90. The Morgan fingerprint density at radius 2 is 1.92 bits per heavy atom. The van der Waals surface area contributed by atoms with Crippen molar-refractivity contribution in [2.24, 2.45) is 0 Å². The van der Waals surface area contributed by atoms with Crippen molar-refractivity contribution < 1.29 is 8.76 Å². The van der Waals surface area contributed by atoms with E-state index in [9.17, 15) is 4.21 Å². The van der Waals surface area contributed by atoms with Crippen LogP contribution < -0.4 is 0 Å². The zero-order chi connectivity index (χ0) is 10.0. The number of rotatable bonds is 2. The van der Waals surface area contributed by atoms with Crippen LogP contribution in [0, 0.1) is 13.8 Å². The molecule has 0 aliphatic heterocycles. The van der Waals surface area contributed by atoms with Crippen LogP contribution in [0.2, 0.25) is 0 Å². The second-order valence-corrected chi connectivity index (χ2v) is 4.21. The van der Waals surface area contributed by atoms with Gasteiger partial charge in [0.1, 0.15) is 0 Å². The molecule has 0 aliphatic rings. The Morgan fingerprint density at radius 3 is 2.38 bits per heavy atom. The molecule has 1 atom stereocenters. The first-order valence-electron chi connectivity index (χ1n) is 3.88. The minimum Gasteiger partial charge on any atom is -0.302 e. The summed E-state index contributed by atoms with van der Waals surface area (Å²) < 4.78 is 19.9. The van der Waals surface area contributed by atoms with Crippen LogP contribution in [0.4, 0.5) is 0 Å². The molecule has 1 aromatic carbocycles. The predicted octanol–water partition coefficient (Wildman–Crippen LogP) is 2.31. The minimum atomic E-state index is -1.91. The third kappa shape index (κ3) is 2.33. The molecule has 0 radical (unpaired) electrons. The van der Waals surface area contributed by atoms with E-state index in [0.717, 1.165) is 16.7 Å². The molecule has 0 bridgehead atoms. The lowest BCUT2D eigenvalue weighted by Gasteiger charge is -2.07. The lowest BCUT2D eigenvalue weighted by molar-refractivity contribution is 0.563. The van der Waals surface area contributed by atoms with Crippen molar-refractivity contribution in [2.45, 2.75) is 24.5 Å². The van der Waals surface area contributed by atoms with Crippen LogP contribution in [-0.4, -0.2) is 8.76 Å². The van der Waals surface area contributed by atoms with E-state index in [2.05, 4.69) is 12.6 Å². The molecule has 1 rings (SSSR count). The summed E-state index contributed by atoms with van der Waals surface area (Å²) in [7, 11) is 0. The molecule has 0 fully saturated rings. The van der Waals surface area contributed by atoms with Gasteiger partial charge in [0.25, 0.3) is 0 Å². The molecule has 0 aromatic heterocycles. The van der Waals surface area contributed by atoms with Gasteiger partial charge in [-0.05, 0) is 36.6 Å². The van der Waals surface area contributed by atoms with E-state index in [1.54, 1.807) is 6.07 Å². The summed E-state index contributed by atoms with van der Waals surface area (Å²) in [4.78, 5) is 0.470. The monoisotopic (exact) mass is 216 g/mol. The van der Waals surface area contributed by atoms with Crippen LogP contribution in [0.5, 0.6) is 0 Å². The smallest absolute Gasteiger partial charge is 0.186 e. The van der Waals surface area contributed by atoms with E-state index in [1.165, 1.54) is 0 Å². The highest BCUT2D eigenvalue weighted by atomic mass is 32.2. The molecule has 2 nitrogen and oxygen atoms in total. The maximum atomic E-state index is 10.9. The number of hydrogen-bond donors (Lipinski definition) is 2. The maximum absolute atomic E-state index is 10.9. The van der Waals surface area contributed by atoms with Gasteiger partial charge in [-0.25, -0.2) is 4.21 Å². The first-order chi connectivity index (χ1) is 6.06. The molecule has 1 aromatic rings. The zero-order valence-electron chi connectivity index (χ0n) is 7.57. The Kier molecular flexibility index (Phi) is 3.53. The minimum absolute atomic E-state index is 0.470. The Morgan fingerprint density at radius 1 is 1.38 bits per heavy atom. The highest BCUT2D eigenvalue weighted by Crippen LogP contribution is 2.20. The van der Waals surface area contributed by atoms with Crippen molar-refractivity contribution in [3.63, 3.8) is 0 Å². The summed E-state index contributed by atoms with van der Waals surface area (Å²) >= 11 is 2.20. The van der Waals surface area contributed by atoms with Gasteiger partial charge in [-0.15, -0.1) is 0 Å². The Bertz CT molecular complexity index is 348. The molecule has 4 heteroatoms. The first kappa shape index (κ1) is 10.8. The average Bonchev–Trinajstić information content (AvgIpc) is 2.08.